The average molecular weight is 309 g/mol. The summed E-state index contributed by atoms with van der Waals surface area (Å²) < 4.78 is 0. The van der Waals surface area contributed by atoms with Gasteiger partial charge in [0.15, 0.2) is 0 Å². The molecule has 21 heavy (non-hydrogen) atoms. The predicted molar refractivity (Wildman–Crippen MR) is 79.8 cm³/mol. The first-order valence-electron chi connectivity index (χ1n) is 7.01. The van der Waals surface area contributed by atoms with Crippen molar-refractivity contribution in [3.05, 3.63) is 21.4 Å². The van der Waals surface area contributed by atoms with Gasteiger partial charge in [-0.25, -0.2) is 0 Å². The minimum absolute atomic E-state index is 0.107. The molecule has 0 radical (unpaired) electrons. The van der Waals surface area contributed by atoms with Crippen LogP contribution in [0.25, 0.3) is 0 Å². The Morgan fingerprint density at radius 1 is 1.24 bits per heavy atom. The van der Waals surface area contributed by atoms with Gasteiger partial charge in [0.2, 0.25) is 0 Å². The highest BCUT2D eigenvalue weighted by Gasteiger charge is 2.26. The normalized spacial score (nSPS) is 13.6. The fourth-order valence-electron chi connectivity index (χ4n) is 1.86. The van der Waals surface area contributed by atoms with E-state index < -0.39 is 17.7 Å². The molecule has 2 rings (SSSR count). The number of carbonyl (C=O) groups is 3. The van der Waals surface area contributed by atoms with Gasteiger partial charge in [-0.1, -0.05) is 13.3 Å². The second-order valence-electron chi connectivity index (χ2n) is 5.10. The lowest BCUT2D eigenvalue weighted by atomic mass is 10.1. The average Bonchev–Trinajstić information content (AvgIpc) is 3.19. The van der Waals surface area contributed by atoms with Crippen molar-refractivity contribution in [2.75, 3.05) is 0 Å². The van der Waals surface area contributed by atoms with Gasteiger partial charge < -0.3 is 5.32 Å². The van der Waals surface area contributed by atoms with Crippen LogP contribution in [-0.4, -0.2) is 23.8 Å². The Kier molecular flexibility index (Phi) is 4.95. The molecule has 1 aliphatic rings. The molecule has 7 heteroatoms. The molecule has 3 N–H and O–H groups in total. The van der Waals surface area contributed by atoms with E-state index in [0.717, 1.165) is 36.1 Å². The third kappa shape index (κ3) is 4.29. The molecule has 1 aliphatic carbocycles. The van der Waals surface area contributed by atoms with Gasteiger partial charge in [-0.2, -0.15) is 0 Å². The van der Waals surface area contributed by atoms with E-state index in [2.05, 4.69) is 23.1 Å². The topological polar surface area (TPSA) is 87.3 Å². The number of rotatable bonds is 4. The molecule has 0 unspecified atom stereocenters. The largest absolute Gasteiger partial charge is 0.345 e. The molecular weight excluding hydrogens is 290 g/mol. The number of nitrogens with one attached hydrogen (secondary N) is 3. The summed E-state index contributed by atoms with van der Waals surface area (Å²) in [6.07, 6.45) is 3.74. The van der Waals surface area contributed by atoms with Gasteiger partial charge in [0, 0.05) is 10.9 Å². The maximum atomic E-state index is 11.9. The van der Waals surface area contributed by atoms with Crippen molar-refractivity contribution in [2.45, 2.75) is 45.6 Å². The molecule has 6 nitrogen and oxygen atoms in total. The van der Waals surface area contributed by atoms with Crippen LogP contribution in [-0.2, 0) is 16.0 Å². The zero-order valence-electron chi connectivity index (χ0n) is 12.1. The first-order chi connectivity index (χ1) is 10.0. The predicted octanol–water partition coefficient (Wildman–Crippen LogP) is 1.05. The third-order valence-corrected chi connectivity index (χ3v) is 4.26. The van der Waals surface area contributed by atoms with E-state index in [9.17, 15) is 14.4 Å². The summed E-state index contributed by atoms with van der Waals surface area (Å²) >= 11 is 1.38. The summed E-state index contributed by atoms with van der Waals surface area (Å²) in [6.45, 7) is 4.05. The lowest BCUT2D eigenvalue weighted by molar-refractivity contribution is -0.139. The van der Waals surface area contributed by atoms with Crippen LogP contribution in [0.15, 0.2) is 6.07 Å². The molecule has 1 aromatic heterocycles. The molecule has 0 aliphatic heterocycles. The molecule has 1 fully saturated rings. The van der Waals surface area contributed by atoms with Crippen LogP contribution >= 0.6 is 11.3 Å². The van der Waals surface area contributed by atoms with E-state index in [1.54, 1.807) is 0 Å². The Morgan fingerprint density at radius 3 is 2.57 bits per heavy atom. The highest BCUT2D eigenvalue weighted by molar-refractivity contribution is 7.14. The molecule has 0 atom stereocenters. The zero-order chi connectivity index (χ0) is 15.4. The van der Waals surface area contributed by atoms with Crippen LogP contribution in [0.3, 0.4) is 0 Å². The minimum Gasteiger partial charge on any atom is -0.345 e. The van der Waals surface area contributed by atoms with Crippen LogP contribution in [0.5, 0.6) is 0 Å². The molecule has 0 spiro atoms. The molecular formula is C14H19N3O3S. The summed E-state index contributed by atoms with van der Waals surface area (Å²) in [5.41, 5.74) is 5.54. The van der Waals surface area contributed by atoms with Gasteiger partial charge in [-0.05, 0) is 37.8 Å². The fourth-order valence-corrected chi connectivity index (χ4v) is 2.83. The Labute approximate surface area is 127 Å². The smallest absolute Gasteiger partial charge is 0.327 e. The van der Waals surface area contributed by atoms with Crippen LogP contribution < -0.4 is 16.2 Å². The van der Waals surface area contributed by atoms with E-state index in [0.29, 0.717) is 4.88 Å². The fraction of sp³-hybridized carbons (Fsp3) is 0.500. The Hall–Kier alpha value is -1.89. The van der Waals surface area contributed by atoms with Gasteiger partial charge in [-0.15, -0.1) is 11.3 Å². The number of aryl methyl sites for hydroxylation is 2. The summed E-state index contributed by atoms with van der Waals surface area (Å²) in [7, 11) is 0. The Bertz CT molecular complexity index is 564. The Morgan fingerprint density at radius 2 is 1.95 bits per heavy atom. The summed E-state index contributed by atoms with van der Waals surface area (Å²) in [5, 5.41) is 2.55. The zero-order valence-corrected chi connectivity index (χ0v) is 12.9. The monoisotopic (exact) mass is 309 g/mol. The molecule has 1 saturated carbocycles. The number of hydrogen-bond donors (Lipinski definition) is 3. The van der Waals surface area contributed by atoms with Crippen LogP contribution in [0.4, 0.5) is 0 Å². The summed E-state index contributed by atoms with van der Waals surface area (Å²) in [4.78, 5) is 36.4. The highest BCUT2D eigenvalue weighted by Crippen LogP contribution is 2.22. The van der Waals surface area contributed by atoms with E-state index >= 15 is 0 Å². The number of hydrogen-bond acceptors (Lipinski definition) is 4. The molecule has 0 bridgehead atoms. The van der Waals surface area contributed by atoms with Crippen molar-refractivity contribution in [2.24, 2.45) is 0 Å². The molecule has 3 amide bonds. The Balaban J connectivity index is 1.84. The van der Waals surface area contributed by atoms with Crippen molar-refractivity contribution in [1.29, 1.82) is 0 Å². The van der Waals surface area contributed by atoms with Crippen LogP contribution in [0.2, 0.25) is 0 Å². The first kappa shape index (κ1) is 15.5. The van der Waals surface area contributed by atoms with Crippen molar-refractivity contribution >= 4 is 29.1 Å². The highest BCUT2D eigenvalue weighted by atomic mass is 32.1. The van der Waals surface area contributed by atoms with Gasteiger partial charge in [0.05, 0.1) is 4.88 Å². The standard InChI is InChI=1S/C14H19N3O3S/c1-3-4-9-7-11(21-8(9)2)12(18)16-17-14(20)13(19)15-10-5-6-10/h7,10H,3-6H2,1-2H3,(H,15,19)(H,16,18)(H,17,20). The van der Waals surface area contributed by atoms with Gasteiger partial charge in [-0.3, -0.25) is 25.2 Å². The van der Waals surface area contributed by atoms with Gasteiger partial charge >= 0.3 is 11.8 Å². The van der Waals surface area contributed by atoms with E-state index in [4.69, 9.17) is 0 Å². The van der Waals surface area contributed by atoms with E-state index in [1.807, 2.05) is 13.0 Å². The first-order valence-corrected chi connectivity index (χ1v) is 7.83. The van der Waals surface area contributed by atoms with Gasteiger partial charge in [0.1, 0.15) is 0 Å². The number of hydrazine groups is 1. The number of amides is 3. The lowest BCUT2D eigenvalue weighted by Gasteiger charge is -2.06. The molecule has 1 aromatic rings. The maximum Gasteiger partial charge on any atom is 0.327 e. The van der Waals surface area contributed by atoms with Crippen molar-refractivity contribution in [1.82, 2.24) is 16.2 Å². The summed E-state index contributed by atoms with van der Waals surface area (Å²) in [5.74, 6) is -1.97. The molecule has 0 aromatic carbocycles. The quantitative estimate of drug-likeness (QED) is 0.574. The minimum atomic E-state index is -0.850. The second kappa shape index (κ2) is 6.71. The van der Waals surface area contributed by atoms with E-state index in [-0.39, 0.29) is 6.04 Å². The van der Waals surface area contributed by atoms with E-state index in [1.165, 1.54) is 11.3 Å². The summed E-state index contributed by atoms with van der Waals surface area (Å²) in [6, 6.07) is 1.94. The number of carbonyl (C=O) groups excluding carboxylic acids is 3. The molecule has 1 heterocycles. The maximum absolute atomic E-state index is 11.9. The van der Waals surface area contributed by atoms with Crippen molar-refractivity contribution in [3.63, 3.8) is 0 Å². The third-order valence-electron chi connectivity index (χ3n) is 3.17. The second-order valence-corrected chi connectivity index (χ2v) is 6.35. The van der Waals surface area contributed by atoms with Crippen molar-refractivity contribution < 1.29 is 14.4 Å². The van der Waals surface area contributed by atoms with Crippen molar-refractivity contribution in [3.8, 4) is 0 Å². The van der Waals surface area contributed by atoms with Gasteiger partial charge in [0.25, 0.3) is 5.91 Å². The lowest BCUT2D eigenvalue weighted by Crippen LogP contribution is -2.48. The molecule has 114 valence electrons. The van der Waals surface area contributed by atoms with Crippen LogP contribution in [0, 0.1) is 6.92 Å². The number of thiophene rings is 1. The molecule has 0 saturated heterocycles. The SMILES string of the molecule is CCCc1cc(C(=O)NNC(=O)C(=O)NC2CC2)sc1C. The van der Waals surface area contributed by atoms with Crippen LogP contribution in [0.1, 0.15) is 46.3 Å².